The Morgan fingerprint density at radius 3 is 2.53 bits per heavy atom. The zero-order valence-electron chi connectivity index (χ0n) is 10.2. The van der Waals surface area contributed by atoms with Crippen LogP contribution in [0.1, 0.15) is 17.8 Å². The summed E-state index contributed by atoms with van der Waals surface area (Å²) < 4.78 is 4.86. The van der Waals surface area contributed by atoms with Crippen LogP contribution in [0.25, 0.3) is 0 Å². The van der Waals surface area contributed by atoms with E-state index in [2.05, 4.69) is 15.3 Å². The third kappa shape index (κ3) is 4.36. The van der Waals surface area contributed by atoms with Crippen LogP contribution < -0.4 is 5.32 Å². The third-order valence-corrected chi connectivity index (χ3v) is 2.19. The summed E-state index contributed by atoms with van der Waals surface area (Å²) in [5.74, 6) is -0.601. The number of aliphatic carboxylic acids is 1. The number of methoxy groups -OCH3 is 1. The van der Waals surface area contributed by atoms with E-state index in [9.17, 15) is 4.79 Å². The molecule has 17 heavy (non-hydrogen) atoms. The average molecular weight is 239 g/mol. The molecule has 94 valence electrons. The molecule has 1 aromatic rings. The van der Waals surface area contributed by atoms with E-state index in [-0.39, 0.29) is 0 Å². The molecule has 1 heterocycles. The summed E-state index contributed by atoms with van der Waals surface area (Å²) in [5.41, 5.74) is 1.60. The molecule has 1 aromatic heterocycles. The number of nitrogens with one attached hydrogen (secondary N) is 1. The number of anilines is 1. The summed E-state index contributed by atoms with van der Waals surface area (Å²) in [6.07, 6.45) is 0.363. The zero-order chi connectivity index (χ0) is 12.8. The Labute approximate surface area is 100 Å². The highest BCUT2D eigenvalue weighted by molar-refractivity contribution is 5.76. The van der Waals surface area contributed by atoms with Crippen LogP contribution in [0, 0.1) is 13.8 Å². The molecular formula is C11H17N3O3. The zero-order valence-corrected chi connectivity index (χ0v) is 10.2. The first-order valence-electron chi connectivity index (χ1n) is 5.33. The van der Waals surface area contributed by atoms with Crippen LogP contribution in [0.4, 0.5) is 5.95 Å². The van der Waals surface area contributed by atoms with E-state index in [0.29, 0.717) is 19.0 Å². The second kappa shape index (κ2) is 6.15. The molecule has 0 saturated heterocycles. The number of aromatic nitrogens is 2. The summed E-state index contributed by atoms with van der Waals surface area (Å²) in [7, 11) is 1.53. The van der Waals surface area contributed by atoms with Gasteiger partial charge in [0.25, 0.3) is 0 Å². The van der Waals surface area contributed by atoms with Crippen molar-refractivity contribution in [1.82, 2.24) is 9.97 Å². The number of carboxylic acid groups (broad SMARTS) is 1. The second-order valence-corrected chi connectivity index (χ2v) is 3.79. The molecule has 1 rings (SSSR count). The molecule has 0 fully saturated rings. The van der Waals surface area contributed by atoms with Gasteiger partial charge in [0.15, 0.2) is 0 Å². The predicted molar refractivity (Wildman–Crippen MR) is 63.0 cm³/mol. The number of hydrogen-bond acceptors (Lipinski definition) is 5. The van der Waals surface area contributed by atoms with Crippen molar-refractivity contribution >= 4 is 11.9 Å². The fraction of sp³-hybridized carbons (Fsp3) is 0.545. The Morgan fingerprint density at radius 2 is 2.06 bits per heavy atom. The normalized spacial score (nSPS) is 12.2. The van der Waals surface area contributed by atoms with Gasteiger partial charge in [0.1, 0.15) is 6.04 Å². The van der Waals surface area contributed by atoms with Crippen molar-refractivity contribution in [2.45, 2.75) is 26.3 Å². The van der Waals surface area contributed by atoms with Crippen molar-refractivity contribution in [2.75, 3.05) is 19.0 Å². The van der Waals surface area contributed by atoms with Crippen LogP contribution in [0.15, 0.2) is 6.07 Å². The van der Waals surface area contributed by atoms with Crippen molar-refractivity contribution in [1.29, 1.82) is 0 Å². The predicted octanol–water partition coefficient (Wildman–Crippen LogP) is 0.995. The molecular weight excluding hydrogens is 222 g/mol. The maximum absolute atomic E-state index is 11.0. The van der Waals surface area contributed by atoms with Gasteiger partial charge in [-0.3, -0.25) is 0 Å². The quantitative estimate of drug-likeness (QED) is 0.770. The van der Waals surface area contributed by atoms with Gasteiger partial charge in [-0.25, -0.2) is 14.8 Å². The first-order valence-corrected chi connectivity index (χ1v) is 5.33. The van der Waals surface area contributed by atoms with Crippen LogP contribution in [0.5, 0.6) is 0 Å². The Bertz CT molecular complexity index is 375. The topological polar surface area (TPSA) is 84.3 Å². The van der Waals surface area contributed by atoms with Gasteiger partial charge in [0, 0.05) is 31.5 Å². The number of rotatable bonds is 6. The Hall–Kier alpha value is -1.69. The lowest BCUT2D eigenvalue weighted by Crippen LogP contribution is -2.31. The standard InChI is InChI=1S/C11H17N3O3/c1-7-6-8(2)13-11(12-7)14-9(10(15)16)4-5-17-3/h6,9H,4-5H2,1-3H3,(H,15,16)(H,12,13,14). The minimum Gasteiger partial charge on any atom is -0.480 e. The third-order valence-electron chi connectivity index (χ3n) is 2.19. The monoisotopic (exact) mass is 239 g/mol. The molecule has 0 aliphatic heterocycles. The Kier molecular flexibility index (Phi) is 4.84. The van der Waals surface area contributed by atoms with Gasteiger partial charge in [0.05, 0.1) is 0 Å². The van der Waals surface area contributed by atoms with E-state index in [1.807, 2.05) is 19.9 Å². The maximum atomic E-state index is 11.0. The number of nitrogens with zero attached hydrogens (tertiary/aromatic N) is 2. The van der Waals surface area contributed by atoms with Crippen LogP contribution in [-0.2, 0) is 9.53 Å². The van der Waals surface area contributed by atoms with Gasteiger partial charge in [-0.1, -0.05) is 0 Å². The molecule has 2 N–H and O–H groups in total. The molecule has 0 radical (unpaired) electrons. The Morgan fingerprint density at radius 1 is 1.47 bits per heavy atom. The van der Waals surface area contributed by atoms with E-state index in [4.69, 9.17) is 9.84 Å². The van der Waals surface area contributed by atoms with Gasteiger partial charge in [0.2, 0.25) is 5.95 Å². The average Bonchev–Trinajstić information content (AvgIpc) is 2.22. The molecule has 6 heteroatoms. The summed E-state index contributed by atoms with van der Waals surface area (Å²) in [4.78, 5) is 19.3. The second-order valence-electron chi connectivity index (χ2n) is 3.79. The molecule has 0 amide bonds. The lowest BCUT2D eigenvalue weighted by atomic mass is 10.2. The molecule has 0 aliphatic rings. The molecule has 0 aliphatic carbocycles. The van der Waals surface area contributed by atoms with Gasteiger partial charge in [-0.15, -0.1) is 0 Å². The van der Waals surface area contributed by atoms with Crippen LogP contribution in [0.3, 0.4) is 0 Å². The van der Waals surface area contributed by atoms with Gasteiger partial charge < -0.3 is 15.2 Å². The van der Waals surface area contributed by atoms with E-state index in [0.717, 1.165) is 11.4 Å². The SMILES string of the molecule is COCCC(Nc1nc(C)cc(C)n1)C(=O)O. The lowest BCUT2D eigenvalue weighted by molar-refractivity contribution is -0.138. The number of carboxylic acids is 1. The minimum absolute atomic E-state index is 0.339. The first kappa shape index (κ1) is 13.4. The van der Waals surface area contributed by atoms with E-state index in [1.54, 1.807) is 0 Å². The largest absolute Gasteiger partial charge is 0.480 e. The minimum atomic E-state index is -0.940. The summed E-state index contributed by atoms with van der Waals surface area (Å²) >= 11 is 0. The summed E-state index contributed by atoms with van der Waals surface area (Å²) in [6.45, 7) is 4.05. The number of ether oxygens (including phenoxy) is 1. The molecule has 6 nitrogen and oxygen atoms in total. The van der Waals surface area contributed by atoms with Crippen molar-refractivity contribution < 1.29 is 14.6 Å². The fourth-order valence-electron chi connectivity index (χ4n) is 1.44. The van der Waals surface area contributed by atoms with Crippen LogP contribution in [0.2, 0.25) is 0 Å². The maximum Gasteiger partial charge on any atom is 0.326 e. The van der Waals surface area contributed by atoms with E-state index in [1.165, 1.54) is 7.11 Å². The van der Waals surface area contributed by atoms with E-state index < -0.39 is 12.0 Å². The van der Waals surface area contributed by atoms with Crippen molar-refractivity contribution in [3.05, 3.63) is 17.5 Å². The number of hydrogen-bond donors (Lipinski definition) is 2. The molecule has 1 atom stereocenters. The Balaban J connectivity index is 2.74. The van der Waals surface area contributed by atoms with Gasteiger partial charge in [-0.05, 0) is 19.9 Å². The summed E-state index contributed by atoms with van der Waals surface area (Å²) in [6, 6.07) is 1.09. The molecule has 1 unspecified atom stereocenters. The smallest absolute Gasteiger partial charge is 0.326 e. The van der Waals surface area contributed by atoms with Gasteiger partial charge in [-0.2, -0.15) is 0 Å². The fourth-order valence-corrected chi connectivity index (χ4v) is 1.44. The molecule has 0 saturated carbocycles. The molecule has 0 spiro atoms. The number of aryl methyl sites for hydroxylation is 2. The van der Waals surface area contributed by atoms with Crippen molar-refractivity contribution in [3.8, 4) is 0 Å². The summed E-state index contributed by atoms with van der Waals surface area (Å²) in [5, 5.41) is 11.8. The van der Waals surface area contributed by atoms with Crippen LogP contribution in [-0.4, -0.2) is 40.8 Å². The highest BCUT2D eigenvalue weighted by atomic mass is 16.5. The number of carbonyl (C=O) groups is 1. The first-order chi connectivity index (χ1) is 8.02. The van der Waals surface area contributed by atoms with Crippen molar-refractivity contribution in [3.63, 3.8) is 0 Å². The molecule has 0 aromatic carbocycles. The van der Waals surface area contributed by atoms with E-state index >= 15 is 0 Å². The van der Waals surface area contributed by atoms with Crippen molar-refractivity contribution in [2.24, 2.45) is 0 Å². The van der Waals surface area contributed by atoms with Gasteiger partial charge >= 0.3 is 5.97 Å². The highest BCUT2D eigenvalue weighted by Gasteiger charge is 2.18. The highest BCUT2D eigenvalue weighted by Crippen LogP contribution is 2.07. The van der Waals surface area contributed by atoms with Crippen LogP contribution >= 0.6 is 0 Å². The molecule has 0 bridgehead atoms. The lowest BCUT2D eigenvalue weighted by Gasteiger charge is -2.14.